The van der Waals surface area contributed by atoms with Crippen molar-refractivity contribution in [3.8, 4) is 0 Å². The number of halogens is 1. The zero-order valence-electron chi connectivity index (χ0n) is 11.0. The predicted molar refractivity (Wildman–Crippen MR) is 77.9 cm³/mol. The second-order valence-corrected chi connectivity index (χ2v) is 4.92. The Bertz CT molecular complexity index is 708. The highest BCUT2D eigenvalue weighted by Gasteiger charge is 2.18. The first-order valence-electron chi connectivity index (χ1n) is 5.91. The van der Waals surface area contributed by atoms with Crippen molar-refractivity contribution in [1.29, 1.82) is 0 Å². The topological polar surface area (TPSA) is 79.3 Å². The molecule has 2 aromatic rings. The van der Waals surface area contributed by atoms with Crippen LogP contribution in [0.4, 0.5) is 9.39 Å². The summed E-state index contributed by atoms with van der Waals surface area (Å²) < 4.78 is 16.6. The maximum atomic E-state index is 12.7. The molecule has 0 fully saturated rings. The number of hydrogen-bond donors (Lipinski definition) is 2. The van der Waals surface area contributed by atoms with Gasteiger partial charge >= 0.3 is 5.97 Å². The molecule has 7 heteroatoms. The third-order valence-electron chi connectivity index (χ3n) is 2.61. The predicted octanol–water partition coefficient (Wildman–Crippen LogP) is 2.94. The van der Waals surface area contributed by atoms with E-state index in [9.17, 15) is 14.0 Å². The number of aryl methyl sites for hydroxylation is 1. The van der Waals surface area contributed by atoms with Crippen LogP contribution in [-0.2, 0) is 4.79 Å². The van der Waals surface area contributed by atoms with Crippen molar-refractivity contribution in [2.24, 2.45) is 0 Å². The van der Waals surface area contributed by atoms with Gasteiger partial charge in [0, 0.05) is 6.08 Å². The first-order valence-corrected chi connectivity index (χ1v) is 6.69. The van der Waals surface area contributed by atoms with Gasteiger partial charge in [0.1, 0.15) is 16.4 Å². The van der Waals surface area contributed by atoms with E-state index < -0.39 is 11.9 Å². The van der Waals surface area contributed by atoms with Crippen molar-refractivity contribution in [2.45, 2.75) is 6.92 Å². The van der Waals surface area contributed by atoms with Gasteiger partial charge in [-0.15, -0.1) is 0 Å². The molecule has 0 aliphatic carbocycles. The van der Waals surface area contributed by atoms with E-state index in [0.717, 1.165) is 11.5 Å². The number of aromatic nitrogens is 1. The zero-order chi connectivity index (χ0) is 15.4. The first-order chi connectivity index (χ1) is 9.97. The van der Waals surface area contributed by atoms with E-state index in [1.807, 2.05) is 0 Å². The van der Waals surface area contributed by atoms with Gasteiger partial charge in [-0.25, -0.2) is 9.18 Å². The quantitative estimate of drug-likeness (QED) is 0.851. The van der Waals surface area contributed by atoms with Gasteiger partial charge in [-0.2, -0.15) is 4.37 Å². The molecule has 5 nitrogen and oxygen atoms in total. The number of anilines is 1. The Hall–Kier alpha value is -2.54. The summed E-state index contributed by atoms with van der Waals surface area (Å²) in [6.07, 6.45) is 2.75. The third-order valence-corrected chi connectivity index (χ3v) is 3.46. The molecule has 0 unspecified atom stereocenters. The monoisotopic (exact) mass is 306 g/mol. The smallest absolute Gasteiger partial charge is 0.340 e. The highest BCUT2D eigenvalue weighted by molar-refractivity contribution is 7.11. The van der Waals surface area contributed by atoms with Crippen molar-refractivity contribution in [2.75, 3.05) is 5.32 Å². The number of rotatable bonds is 4. The van der Waals surface area contributed by atoms with Crippen LogP contribution in [0.15, 0.2) is 30.3 Å². The molecule has 1 amide bonds. The highest BCUT2D eigenvalue weighted by atomic mass is 32.1. The normalized spacial score (nSPS) is 10.8. The molecule has 0 aliphatic rings. The van der Waals surface area contributed by atoms with Crippen LogP contribution >= 0.6 is 11.5 Å². The summed E-state index contributed by atoms with van der Waals surface area (Å²) in [6.45, 7) is 1.56. The van der Waals surface area contributed by atoms with Crippen molar-refractivity contribution < 1.29 is 19.1 Å². The van der Waals surface area contributed by atoms with Crippen LogP contribution in [0.25, 0.3) is 6.08 Å². The second kappa shape index (κ2) is 6.27. The molecule has 2 N–H and O–H groups in total. The Morgan fingerprint density at radius 1 is 1.33 bits per heavy atom. The van der Waals surface area contributed by atoms with Gasteiger partial charge in [-0.1, -0.05) is 12.1 Å². The molecule has 0 spiro atoms. The van der Waals surface area contributed by atoms with E-state index in [4.69, 9.17) is 5.11 Å². The molecule has 0 saturated carbocycles. The molecular weight excluding hydrogens is 295 g/mol. The lowest BCUT2D eigenvalue weighted by molar-refractivity contribution is -0.111. The summed E-state index contributed by atoms with van der Waals surface area (Å²) in [4.78, 5) is 22.8. The summed E-state index contributed by atoms with van der Waals surface area (Å²) in [5, 5.41) is 11.7. The summed E-state index contributed by atoms with van der Waals surface area (Å²) in [7, 11) is 0. The van der Waals surface area contributed by atoms with Crippen LogP contribution in [-0.4, -0.2) is 21.4 Å². The molecule has 1 aromatic carbocycles. The maximum absolute atomic E-state index is 12.7. The fraction of sp³-hybridized carbons (Fsp3) is 0.0714. The molecule has 0 radical (unpaired) electrons. The van der Waals surface area contributed by atoms with Crippen LogP contribution in [0.2, 0.25) is 0 Å². The summed E-state index contributed by atoms with van der Waals surface area (Å²) in [5.74, 6) is -1.98. The maximum Gasteiger partial charge on any atom is 0.340 e. The number of carboxylic acid groups (broad SMARTS) is 1. The lowest BCUT2D eigenvalue weighted by atomic mass is 10.2. The Balaban J connectivity index is 2.08. The Morgan fingerprint density at radius 2 is 2.00 bits per heavy atom. The summed E-state index contributed by atoms with van der Waals surface area (Å²) in [6, 6.07) is 5.62. The van der Waals surface area contributed by atoms with Crippen LogP contribution < -0.4 is 5.32 Å². The van der Waals surface area contributed by atoms with Crippen LogP contribution in [0.1, 0.15) is 21.6 Å². The largest absolute Gasteiger partial charge is 0.478 e. The summed E-state index contributed by atoms with van der Waals surface area (Å²) >= 11 is 0.910. The summed E-state index contributed by atoms with van der Waals surface area (Å²) in [5.41, 5.74) is 0.999. The van der Waals surface area contributed by atoms with Crippen LogP contribution in [0, 0.1) is 12.7 Å². The number of hydrogen-bond acceptors (Lipinski definition) is 4. The molecule has 21 heavy (non-hydrogen) atoms. The number of carbonyl (C=O) groups is 2. The van der Waals surface area contributed by atoms with E-state index in [0.29, 0.717) is 11.3 Å². The number of carbonyl (C=O) groups excluding carboxylic acids is 1. The average molecular weight is 306 g/mol. The second-order valence-electron chi connectivity index (χ2n) is 4.15. The molecule has 0 aliphatic heterocycles. The highest BCUT2D eigenvalue weighted by Crippen LogP contribution is 2.24. The van der Waals surface area contributed by atoms with E-state index >= 15 is 0 Å². The van der Waals surface area contributed by atoms with E-state index in [2.05, 4.69) is 9.69 Å². The van der Waals surface area contributed by atoms with Gasteiger partial charge in [-0.05, 0) is 42.2 Å². The van der Waals surface area contributed by atoms with Crippen LogP contribution in [0.3, 0.4) is 0 Å². The number of nitrogens with one attached hydrogen (secondary N) is 1. The third kappa shape index (κ3) is 3.73. The fourth-order valence-corrected chi connectivity index (χ4v) is 2.40. The van der Waals surface area contributed by atoms with Crippen LogP contribution in [0.5, 0.6) is 0 Å². The van der Waals surface area contributed by atoms with E-state index in [1.165, 1.54) is 36.4 Å². The van der Waals surface area contributed by atoms with E-state index in [1.54, 1.807) is 6.92 Å². The molecule has 2 rings (SSSR count). The number of carboxylic acids is 1. The first kappa shape index (κ1) is 14.9. The van der Waals surface area contributed by atoms with Crippen molar-refractivity contribution in [1.82, 2.24) is 4.37 Å². The standard InChI is InChI=1S/C14H11FN2O3S/c1-8-12(14(19)20)13(21-17-8)16-11(18)7-4-9-2-5-10(15)6-3-9/h2-7H,1H3,(H,16,18)(H,19,20)/b7-4+. The molecule has 1 heterocycles. The van der Waals surface area contributed by atoms with E-state index in [-0.39, 0.29) is 16.4 Å². The van der Waals surface area contributed by atoms with Gasteiger partial charge < -0.3 is 10.4 Å². The van der Waals surface area contributed by atoms with Gasteiger partial charge in [-0.3, -0.25) is 4.79 Å². The minimum absolute atomic E-state index is 0.0106. The minimum Gasteiger partial charge on any atom is -0.478 e. The Morgan fingerprint density at radius 3 is 2.62 bits per heavy atom. The molecular formula is C14H11FN2O3S. The number of aromatic carboxylic acids is 1. The van der Waals surface area contributed by atoms with Gasteiger partial charge in [0.05, 0.1) is 5.69 Å². The molecule has 0 saturated heterocycles. The number of benzene rings is 1. The van der Waals surface area contributed by atoms with Crippen molar-refractivity contribution >= 4 is 34.5 Å². The Labute approximate surface area is 123 Å². The molecule has 1 aromatic heterocycles. The lowest BCUT2D eigenvalue weighted by Gasteiger charge is -2.00. The van der Waals surface area contributed by atoms with Crippen molar-refractivity contribution in [3.05, 3.63) is 53.0 Å². The lowest BCUT2D eigenvalue weighted by Crippen LogP contribution is -2.10. The molecule has 108 valence electrons. The molecule has 0 atom stereocenters. The van der Waals surface area contributed by atoms with Gasteiger partial charge in [0.2, 0.25) is 5.91 Å². The number of amides is 1. The Kier molecular flexibility index (Phi) is 4.44. The average Bonchev–Trinajstić information content (AvgIpc) is 2.79. The van der Waals surface area contributed by atoms with Gasteiger partial charge in [0.25, 0.3) is 0 Å². The van der Waals surface area contributed by atoms with Gasteiger partial charge in [0.15, 0.2) is 0 Å². The zero-order valence-corrected chi connectivity index (χ0v) is 11.8. The number of nitrogens with zero attached hydrogens (tertiary/aromatic N) is 1. The fourth-order valence-electron chi connectivity index (χ4n) is 1.61. The minimum atomic E-state index is -1.14. The molecule has 0 bridgehead atoms. The SMILES string of the molecule is Cc1nsc(NC(=O)/C=C/c2ccc(F)cc2)c1C(=O)O. The van der Waals surface area contributed by atoms with Crippen molar-refractivity contribution in [3.63, 3.8) is 0 Å².